The summed E-state index contributed by atoms with van der Waals surface area (Å²) in [6, 6.07) is 5.57. The summed E-state index contributed by atoms with van der Waals surface area (Å²) in [6.45, 7) is 6.15. The molecule has 1 atom stereocenters. The second kappa shape index (κ2) is 6.49. The number of carbonyl (C=O) groups is 1. The van der Waals surface area contributed by atoms with Crippen LogP contribution in [0.3, 0.4) is 0 Å². The monoisotopic (exact) mass is 287 g/mol. The number of aromatic nitrogens is 3. The van der Waals surface area contributed by atoms with Crippen molar-refractivity contribution >= 4 is 11.6 Å². The van der Waals surface area contributed by atoms with Gasteiger partial charge in [-0.15, -0.1) is 5.10 Å². The zero-order chi connectivity index (χ0) is 15.4. The van der Waals surface area contributed by atoms with Crippen LogP contribution in [-0.4, -0.2) is 20.9 Å². The second-order valence-electron chi connectivity index (χ2n) is 5.02. The van der Waals surface area contributed by atoms with Gasteiger partial charge in [-0.25, -0.2) is 4.68 Å². The van der Waals surface area contributed by atoms with Crippen LogP contribution >= 0.6 is 0 Å². The molecular formula is C15H21N5O. The van der Waals surface area contributed by atoms with Gasteiger partial charge in [0.2, 0.25) is 5.91 Å². The number of para-hydroxylation sites is 1. The third-order valence-electron chi connectivity index (χ3n) is 3.53. The Labute approximate surface area is 124 Å². The molecule has 6 nitrogen and oxygen atoms in total. The second-order valence-corrected chi connectivity index (χ2v) is 5.02. The first-order valence-electron chi connectivity index (χ1n) is 7.07. The number of nitrogens with one attached hydrogen (secondary N) is 1. The number of nitrogens with zero attached hydrogens (tertiary/aromatic N) is 3. The van der Waals surface area contributed by atoms with Gasteiger partial charge < -0.3 is 11.1 Å². The molecule has 0 bridgehead atoms. The molecular weight excluding hydrogens is 266 g/mol. The van der Waals surface area contributed by atoms with Gasteiger partial charge in [0.15, 0.2) is 0 Å². The number of hydrogen-bond donors (Lipinski definition) is 2. The molecule has 0 aliphatic heterocycles. The lowest BCUT2D eigenvalue weighted by Crippen LogP contribution is -2.25. The van der Waals surface area contributed by atoms with E-state index in [1.807, 2.05) is 25.1 Å². The van der Waals surface area contributed by atoms with Crippen molar-refractivity contribution in [3.63, 3.8) is 0 Å². The van der Waals surface area contributed by atoms with E-state index in [0.29, 0.717) is 12.2 Å². The van der Waals surface area contributed by atoms with Crippen molar-refractivity contribution < 1.29 is 4.79 Å². The van der Waals surface area contributed by atoms with Crippen molar-refractivity contribution in [2.75, 3.05) is 5.32 Å². The summed E-state index contributed by atoms with van der Waals surface area (Å²) in [5.41, 5.74) is 9.23. The number of rotatable bonds is 5. The van der Waals surface area contributed by atoms with Crippen molar-refractivity contribution in [3.05, 3.63) is 41.2 Å². The summed E-state index contributed by atoms with van der Waals surface area (Å²) >= 11 is 0. The van der Waals surface area contributed by atoms with Gasteiger partial charge in [0.1, 0.15) is 6.04 Å². The van der Waals surface area contributed by atoms with Crippen molar-refractivity contribution in [3.8, 4) is 0 Å². The topological polar surface area (TPSA) is 85.8 Å². The quantitative estimate of drug-likeness (QED) is 0.878. The van der Waals surface area contributed by atoms with E-state index < -0.39 is 6.04 Å². The summed E-state index contributed by atoms with van der Waals surface area (Å²) in [5, 5.41) is 10.8. The third kappa shape index (κ3) is 3.28. The predicted octanol–water partition coefficient (Wildman–Crippen LogP) is 1.81. The van der Waals surface area contributed by atoms with Crippen LogP contribution in [0.5, 0.6) is 0 Å². The van der Waals surface area contributed by atoms with Crippen LogP contribution in [-0.2, 0) is 17.8 Å². The van der Waals surface area contributed by atoms with Crippen LogP contribution < -0.4 is 11.1 Å². The fraction of sp³-hybridized carbons (Fsp3) is 0.400. The maximum absolute atomic E-state index is 12.4. The van der Waals surface area contributed by atoms with E-state index in [1.165, 1.54) is 4.68 Å². The summed E-state index contributed by atoms with van der Waals surface area (Å²) in [5.74, 6) is -0.118. The van der Waals surface area contributed by atoms with Crippen molar-refractivity contribution in [2.24, 2.45) is 5.73 Å². The maximum atomic E-state index is 12.4. The smallest absolute Gasteiger partial charge is 0.249 e. The number of anilines is 1. The third-order valence-corrected chi connectivity index (χ3v) is 3.53. The van der Waals surface area contributed by atoms with Crippen LogP contribution in [0.15, 0.2) is 24.4 Å². The molecule has 0 aliphatic rings. The van der Waals surface area contributed by atoms with Crippen molar-refractivity contribution in [1.82, 2.24) is 15.0 Å². The number of aryl methyl sites for hydroxylation is 2. The Morgan fingerprint density at radius 2 is 2.24 bits per heavy atom. The van der Waals surface area contributed by atoms with Gasteiger partial charge in [-0.3, -0.25) is 4.79 Å². The van der Waals surface area contributed by atoms with Gasteiger partial charge in [-0.05, 0) is 31.4 Å². The number of benzene rings is 1. The Bertz CT molecular complexity index is 635. The lowest BCUT2D eigenvalue weighted by molar-refractivity contribution is -0.119. The lowest BCUT2D eigenvalue weighted by atomic mass is 10.1. The molecule has 0 radical (unpaired) electrons. The van der Waals surface area contributed by atoms with E-state index in [0.717, 1.165) is 23.2 Å². The first kappa shape index (κ1) is 15.2. The summed E-state index contributed by atoms with van der Waals surface area (Å²) in [6.07, 6.45) is 2.56. The minimum atomic E-state index is -0.442. The molecule has 1 unspecified atom stereocenters. The highest BCUT2D eigenvalue weighted by Crippen LogP contribution is 2.22. The number of carbonyl (C=O) groups excluding carboxylic acids is 1. The molecule has 1 amide bonds. The Hall–Kier alpha value is -2.21. The molecule has 0 fully saturated rings. The maximum Gasteiger partial charge on any atom is 0.249 e. The van der Waals surface area contributed by atoms with Gasteiger partial charge >= 0.3 is 0 Å². The lowest BCUT2D eigenvalue weighted by Gasteiger charge is -2.16. The molecule has 1 heterocycles. The fourth-order valence-electron chi connectivity index (χ4n) is 2.15. The molecule has 112 valence electrons. The average Bonchev–Trinajstić information content (AvgIpc) is 2.97. The highest BCUT2D eigenvalue weighted by molar-refractivity contribution is 5.94. The molecule has 21 heavy (non-hydrogen) atoms. The summed E-state index contributed by atoms with van der Waals surface area (Å²) < 4.78 is 1.53. The Balaban J connectivity index is 2.18. The molecule has 2 rings (SSSR count). The van der Waals surface area contributed by atoms with Crippen molar-refractivity contribution in [1.29, 1.82) is 0 Å². The van der Waals surface area contributed by atoms with Crippen LogP contribution in [0.4, 0.5) is 5.69 Å². The first-order chi connectivity index (χ1) is 10.1. The highest BCUT2D eigenvalue weighted by Gasteiger charge is 2.18. The summed E-state index contributed by atoms with van der Waals surface area (Å²) in [7, 11) is 0. The molecule has 6 heteroatoms. The highest BCUT2D eigenvalue weighted by atomic mass is 16.2. The predicted molar refractivity (Wildman–Crippen MR) is 81.8 cm³/mol. The van der Waals surface area contributed by atoms with Gasteiger partial charge in [-0.1, -0.05) is 30.3 Å². The minimum absolute atomic E-state index is 0.118. The molecule has 0 saturated carbocycles. The molecule has 0 spiro atoms. The summed E-state index contributed by atoms with van der Waals surface area (Å²) in [4.78, 5) is 12.4. The van der Waals surface area contributed by atoms with Gasteiger partial charge in [0, 0.05) is 12.2 Å². The van der Waals surface area contributed by atoms with Gasteiger partial charge in [0.25, 0.3) is 0 Å². The first-order valence-corrected chi connectivity index (χ1v) is 7.07. The van der Waals surface area contributed by atoms with Crippen LogP contribution in [0.25, 0.3) is 0 Å². The zero-order valence-electron chi connectivity index (χ0n) is 12.6. The van der Waals surface area contributed by atoms with Crippen LogP contribution in [0.1, 0.15) is 36.7 Å². The minimum Gasteiger partial charge on any atom is -0.325 e. The average molecular weight is 287 g/mol. The van der Waals surface area contributed by atoms with Crippen LogP contribution in [0, 0.1) is 6.92 Å². The van der Waals surface area contributed by atoms with E-state index in [4.69, 9.17) is 5.73 Å². The SMILES string of the molecule is CCc1cccc(C)c1NC(=O)C(C)n1cc(CN)nn1. The molecule has 1 aromatic heterocycles. The molecule has 2 aromatic rings. The molecule has 3 N–H and O–H groups in total. The van der Waals surface area contributed by atoms with E-state index in [2.05, 4.69) is 22.6 Å². The molecule has 1 aromatic carbocycles. The van der Waals surface area contributed by atoms with E-state index in [1.54, 1.807) is 13.1 Å². The van der Waals surface area contributed by atoms with Gasteiger partial charge in [-0.2, -0.15) is 0 Å². The Morgan fingerprint density at radius 1 is 1.48 bits per heavy atom. The Kier molecular flexibility index (Phi) is 4.70. The number of amides is 1. The van der Waals surface area contributed by atoms with E-state index in [9.17, 15) is 4.79 Å². The zero-order valence-corrected chi connectivity index (χ0v) is 12.6. The number of nitrogens with two attached hydrogens (primary N) is 1. The fourth-order valence-corrected chi connectivity index (χ4v) is 2.15. The Morgan fingerprint density at radius 3 is 2.86 bits per heavy atom. The molecule has 0 saturated heterocycles. The van der Waals surface area contributed by atoms with Gasteiger partial charge in [0.05, 0.1) is 11.9 Å². The largest absolute Gasteiger partial charge is 0.325 e. The molecule has 0 aliphatic carbocycles. The normalized spacial score (nSPS) is 12.2. The number of hydrogen-bond acceptors (Lipinski definition) is 4. The van der Waals surface area contributed by atoms with Crippen LogP contribution in [0.2, 0.25) is 0 Å². The van der Waals surface area contributed by atoms with E-state index in [-0.39, 0.29) is 5.91 Å². The standard InChI is InChI=1S/C15H21N5O/c1-4-12-7-5-6-10(2)14(12)17-15(21)11(3)20-9-13(8-16)18-19-20/h5-7,9,11H,4,8,16H2,1-3H3,(H,17,21). The van der Waals surface area contributed by atoms with E-state index >= 15 is 0 Å². The van der Waals surface area contributed by atoms with Crippen molar-refractivity contribution in [2.45, 2.75) is 39.8 Å².